The van der Waals surface area contributed by atoms with Crippen LogP contribution in [0.15, 0.2) is 28.7 Å². The van der Waals surface area contributed by atoms with E-state index < -0.39 is 10.0 Å². The number of rotatable bonds is 4. The Balaban J connectivity index is 1.94. The first kappa shape index (κ1) is 15.0. The fourth-order valence-electron chi connectivity index (χ4n) is 2.49. The van der Waals surface area contributed by atoms with Crippen molar-refractivity contribution >= 4 is 26.0 Å². The van der Waals surface area contributed by atoms with Crippen molar-refractivity contribution in [3.8, 4) is 0 Å². The van der Waals surface area contributed by atoms with Gasteiger partial charge in [0.25, 0.3) is 0 Å². The lowest BCUT2D eigenvalue weighted by molar-refractivity contribution is 0.194. The zero-order valence-corrected chi connectivity index (χ0v) is 13.4. The summed E-state index contributed by atoms with van der Waals surface area (Å²) in [4.78, 5) is 2.30. The summed E-state index contributed by atoms with van der Waals surface area (Å²) < 4.78 is 26.3. The molecule has 4 nitrogen and oxygen atoms in total. The van der Waals surface area contributed by atoms with Crippen LogP contribution in [-0.2, 0) is 16.6 Å². The molecule has 0 saturated carbocycles. The highest BCUT2D eigenvalue weighted by molar-refractivity contribution is 9.10. The number of benzene rings is 1. The molecule has 1 aliphatic rings. The maximum atomic E-state index is 11.3. The minimum absolute atomic E-state index is 0.0379. The lowest BCUT2D eigenvalue weighted by Crippen LogP contribution is -2.46. The zero-order valence-electron chi connectivity index (χ0n) is 11.0. The van der Waals surface area contributed by atoms with Crippen LogP contribution < -0.4 is 4.72 Å². The van der Waals surface area contributed by atoms with E-state index in [4.69, 9.17) is 0 Å². The molecule has 1 unspecified atom stereocenters. The van der Waals surface area contributed by atoms with E-state index in [9.17, 15) is 8.42 Å². The molecule has 0 spiro atoms. The molecule has 1 N–H and O–H groups in total. The minimum Gasteiger partial charge on any atom is -0.298 e. The van der Waals surface area contributed by atoms with Crippen molar-refractivity contribution in [2.24, 2.45) is 0 Å². The van der Waals surface area contributed by atoms with E-state index in [0.717, 1.165) is 36.9 Å². The number of piperidine rings is 1. The van der Waals surface area contributed by atoms with Crippen LogP contribution >= 0.6 is 15.9 Å². The Labute approximate surface area is 123 Å². The molecule has 19 heavy (non-hydrogen) atoms. The van der Waals surface area contributed by atoms with Crippen LogP contribution in [0.4, 0.5) is 0 Å². The SMILES string of the molecule is CS(=O)(=O)NC1CCCN(Cc2cccc(Br)c2)C1. The standard InChI is InChI=1S/C13H19BrN2O2S/c1-19(17,18)15-13-6-3-7-16(10-13)9-11-4-2-5-12(14)8-11/h2,4-5,8,13,15H,3,6-7,9-10H2,1H3. The quantitative estimate of drug-likeness (QED) is 0.906. The van der Waals surface area contributed by atoms with Gasteiger partial charge in [-0.1, -0.05) is 28.1 Å². The number of hydrogen-bond acceptors (Lipinski definition) is 3. The van der Waals surface area contributed by atoms with Gasteiger partial charge in [0.1, 0.15) is 0 Å². The van der Waals surface area contributed by atoms with Gasteiger partial charge < -0.3 is 0 Å². The van der Waals surface area contributed by atoms with Crippen molar-refractivity contribution in [2.45, 2.75) is 25.4 Å². The van der Waals surface area contributed by atoms with Crippen LogP contribution in [0.3, 0.4) is 0 Å². The number of halogens is 1. The van der Waals surface area contributed by atoms with Crippen molar-refractivity contribution < 1.29 is 8.42 Å². The van der Waals surface area contributed by atoms with E-state index in [1.807, 2.05) is 12.1 Å². The van der Waals surface area contributed by atoms with Crippen LogP contribution in [-0.4, -0.2) is 38.7 Å². The fourth-order valence-corrected chi connectivity index (χ4v) is 3.74. The second-order valence-electron chi connectivity index (χ2n) is 5.09. The molecule has 0 radical (unpaired) electrons. The van der Waals surface area contributed by atoms with Crippen molar-refractivity contribution in [1.82, 2.24) is 9.62 Å². The highest BCUT2D eigenvalue weighted by Gasteiger charge is 2.22. The molecule has 1 fully saturated rings. The summed E-state index contributed by atoms with van der Waals surface area (Å²) in [5.41, 5.74) is 1.24. The Morgan fingerprint density at radius 1 is 1.47 bits per heavy atom. The van der Waals surface area contributed by atoms with Gasteiger partial charge in [0.05, 0.1) is 6.26 Å². The normalized spacial score (nSPS) is 21.5. The van der Waals surface area contributed by atoms with Gasteiger partial charge in [0.15, 0.2) is 0 Å². The topological polar surface area (TPSA) is 49.4 Å². The number of hydrogen-bond donors (Lipinski definition) is 1. The monoisotopic (exact) mass is 346 g/mol. The highest BCUT2D eigenvalue weighted by Crippen LogP contribution is 2.17. The van der Waals surface area contributed by atoms with E-state index in [1.54, 1.807) is 0 Å². The highest BCUT2D eigenvalue weighted by atomic mass is 79.9. The summed E-state index contributed by atoms with van der Waals surface area (Å²) in [5, 5.41) is 0. The maximum absolute atomic E-state index is 11.3. The molecule has 0 aliphatic carbocycles. The van der Waals surface area contributed by atoms with Crippen LogP contribution in [0.2, 0.25) is 0 Å². The molecule has 1 aromatic carbocycles. The van der Waals surface area contributed by atoms with E-state index in [-0.39, 0.29) is 6.04 Å². The Morgan fingerprint density at radius 2 is 2.26 bits per heavy atom. The summed E-state index contributed by atoms with van der Waals surface area (Å²) in [6.45, 7) is 2.66. The van der Waals surface area contributed by atoms with Crippen LogP contribution in [0.1, 0.15) is 18.4 Å². The van der Waals surface area contributed by atoms with Crippen molar-refractivity contribution in [3.63, 3.8) is 0 Å². The van der Waals surface area contributed by atoms with Gasteiger partial charge in [-0.05, 0) is 37.1 Å². The van der Waals surface area contributed by atoms with Crippen molar-refractivity contribution in [3.05, 3.63) is 34.3 Å². The lowest BCUT2D eigenvalue weighted by Gasteiger charge is -2.32. The predicted octanol–water partition coefficient (Wildman–Crippen LogP) is 1.96. The molecule has 1 saturated heterocycles. The summed E-state index contributed by atoms with van der Waals surface area (Å²) in [6.07, 6.45) is 3.17. The average molecular weight is 347 g/mol. The second-order valence-corrected chi connectivity index (χ2v) is 7.79. The third-order valence-electron chi connectivity index (χ3n) is 3.18. The third kappa shape index (κ3) is 5.22. The molecule has 106 valence electrons. The maximum Gasteiger partial charge on any atom is 0.208 e. The Kier molecular flexibility index (Phi) is 5.00. The first-order chi connectivity index (χ1) is 8.92. The molecule has 1 aliphatic heterocycles. The summed E-state index contributed by atoms with van der Waals surface area (Å²) >= 11 is 3.47. The minimum atomic E-state index is -3.11. The molecule has 0 bridgehead atoms. The van der Waals surface area contributed by atoms with E-state index in [2.05, 4.69) is 37.7 Å². The van der Waals surface area contributed by atoms with Crippen molar-refractivity contribution in [2.75, 3.05) is 19.3 Å². The van der Waals surface area contributed by atoms with Crippen LogP contribution in [0, 0.1) is 0 Å². The van der Waals surface area contributed by atoms with Crippen LogP contribution in [0.25, 0.3) is 0 Å². The van der Waals surface area contributed by atoms with Crippen LogP contribution in [0.5, 0.6) is 0 Å². The first-order valence-corrected chi connectivity index (χ1v) is 9.05. The number of nitrogens with one attached hydrogen (secondary N) is 1. The molecule has 1 aromatic rings. The summed E-state index contributed by atoms with van der Waals surface area (Å²) in [6, 6.07) is 8.27. The fraction of sp³-hybridized carbons (Fsp3) is 0.538. The largest absolute Gasteiger partial charge is 0.298 e. The Bertz CT molecular complexity index is 533. The predicted molar refractivity (Wildman–Crippen MR) is 80.4 cm³/mol. The smallest absolute Gasteiger partial charge is 0.208 e. The molecule has 6 heteroatoms. The molecular weight excluding hydrogens is 328 g/mol. The zero-order chi connectivity index (χ0) is 13.9. The van der Waals surface area contributed by atoms with Gasteiger partial charge in [-0.2, -0.15) is 0 Å². The third-order valence-corrected chi connectivity index (χ3v) is 4.44. The Hall–Kier alpha value is -0.430. The molecular formula is C13H19BrN2O2S. The molecule has 0 aromatic heterocycles. The van der Waals surface area contributed by atoms with Crippen molar-refractivity contribution in [1.29, 1.82) is 0 Å². The average Bonchev–Trinajstić information content (AvgIpc) is 2.27. The van der Waals surface area contributed by atoms with E-state index in [0.29, 0.717) is 0 Å². The number of nitrogens with zero attached hydrogens (tertiary/aromatic N) is 1. The van der Waals surface area contributed by atoms with Gasteiger partial charge in [0, 0.05) is 23.6 Å². The second kappa shape index (κ2) is 6.35. The summed E-state index contributed by atoms with van der Waals surface area (Å²) in [5.74, 6) is 0. The summed E-state index contributed by atoms with van der Waals surface area (Å²) in [7, 11) is -3.11. The van der Waals surface area contributed by atoms with Gasteiger partial charge in [-0.25, -0.2) is 13.1 Å². The van der Waals surface area contributed by atoms with E-state index in [1.165, 1.54) is 11.8 Å². The lowest BCUT2D eigenvalue weighted by atomic mass is 10.1. The van der Waals surface area contributed by atoms with Gasteiger partial charge in [0.2, 0.25) is 10.0 Å². The van der Waals surface area contributed by atoms with E-state index >= 15 is 0 Å². The molecule has 1 atom stereocenters. The molecule has 1 heterocycles. The first-order valence-electron chi connectivity index (χ1n) is 6.36. The number of sulfonamides is 1. The molecule has 0 amide bonds. The van der Waals surface area contributed by atoms with Gasteiger partial charge in [-0.3, -0.25) is 4.90 Å². The van der Waals surface area contributed by atoms with Gasteiger partial charge in [-0.15, -0.1) is 0 Å². The van der Waals surface area contributed by atoms with Gasteiger partial charge >= 0.3 is 0 Å². The number of likely N-dealkylation sites (tertiary alicyclic amines) is 1. The Morgan fingerprint density at radius 3 is 2.95 bits per heavy atom. The molecule has 2 rings (SSSR count).